The first kappa shape index (κ1) is 13.3. The fourth-order valence-corrected chi connectivity index (χ4v) is 2.14. The topological polar surface area (TPSA) is 79.7 Å². The van der Waals surface area contributed by atoms with E-state index in [1.807, 2.05) is 12.1 Å². The van der Waals surface area contributed by atoms with Crippen molar-refractivity contribution in [2.75, 3.05) is 6.61 Å². The largest absolute Gasteiger partial charge is 0.481 e. The molecule has 0 radical (unpaired) electrons. The number of carbonyl (C=O) groups is 2. The fraction of sp³-hybridized carbons (Fsp3) is 0.462. The molecule has 0 saturated carbocycles. The van der Waals surface area contributed by atoms with Gasteiger partial charge < -0.3 is 14.7 Å². The lowest BCUT2D eigenvalue weighted by Crippen LogP contribution is -2.45. The molecule has 6 nitrogen and oxygen atoms in total. The molecule has 1 amide bonds. The molecule has 1 aliphatic heterocycles. The molecule has 1 atom stereocenters. The Balaban J connectivity index is 2.03. The number of aromatic nitrogens is 1. The van der Waals surface area contributed by atoms with Gasteiger partial charge in [0.1, 0.15) is 0 Å². The monoisotopic (exact) mass is 264 g/mol. The summed E-state index contributed by atoms with van der Waals surface area (Å²) in [6, 6.07) is 3.58. The molecule has 1 saturated heterocycles. The summed E-state index contributed by atoms with van der Waals surface area (Å²) in [6.45, 7) is 0.779. The van der Waals surface area contributed by atoms with Crippen molar-refractivity contribution in [2.45, 2.75) is 31.8 Å². The highest BCUT2D eigenvalue weighted by atomic mass is 16.6. The number of hydrogen-bond acceptors (Lipinski definition) is 4. The van der Waals surface area contributed by atoms with Crippen molar-refractivity contribution in [1.82, 2.24) is 9.88 Å². The molecular formula is C13H16N2O4. The van der Waals surface area contributed by atoms with E-state index in [-0.39, 0.29) is 18.6 Å². The lowest BCUT2D eigenvalue weighted by atomic mass is 10.0. The van der Waals surface area contributed by atoms with Gasteiger partial charge in [0.15, 0.2) is 0 Å². The van der Waals surface area contributed by atoms with Crippen LogP contribution in [0.2, 0.25) is 0 Å². The van der Waals surface area contributed by atoms with Crippen LogP contribution in [-0.2, 0) is 16.1 Å². The molecule has 0 bridgehead atoms. The van der Waals surface area contributed by atoms with E-state index in [9.17, 15) is 9.59 Å². The van der Waals surface area contributed by atoms with Gasteiger partial charge in [0.2, 0.25) is 0 Å². The fourth-order valence-electron chi connectivity index (χ4n) is 2.14. The van der Waals surface area contributed by atoms with Gasteiger partial charge in [0.05, 0.1) is 6.61 Å². The smallest absolute Gasteiger partial charge is 0.410 e. The second kappa shape index (κ2) is 6.17. The van der Waals surface area contributed by atoms with E-state index >= 15 is 0 Å². The lowest BCUT2D eigenvalue weighted by molar-refractivity contribution is -0.137. The quantitative estimate of drug-likeness (QED) is 0.874. The number of rotatable bonds is 5. The number of nitrogens with zero attached hydrogens (tertiary/aromatic N) is 2. The third-order valence-electron chi connectivity index (χ3n) is 3.15. The van der Waals surface area contributed by atoms with E-state index in [2.05, 4.69) is 4.98 Å². The zero-order chi connectivity index (χ0) is 13.7. The minimum atomic E-state index is -0.845. The van der Waals surface area contributed by atoms with Gasteiger partial charge in [-0.3, -0.25) is 9.78 Å². The summed E-state index contributed by atoms with van der Waals surface area (Å²) in [6.07, 6.45) is 4.14. The molecule has 0 aliphatic carbocycles. The van der Waals surface area contributed by atoms with Gasteiger partial charge in [-0.05, 0) is 24.1 Å². The predicted octanol–water partition coefficient (Wildman–Crippen LogP) is 1.66. The van der Waals surface area contributed by atoms with Crippen molar-refractivity contribution in [2.24, 2.45) is 0 Å². The van der Waals surface area contributed by atoms with Gasteiger partial charge in [-0.1, -0.05) is 0 Å². The van der Waals surface area contributed by atoms with Gasteiger partial charge >= 0.3 is 12.1 Å². The summed E-state index contributed by atoms with van der Waals surface area (Å²) in [5, 5.41) is 8.74. The van der Waals surface area contributed by atoms with Gasteiger partial charge in [-0.25, -0.2) is 4.79 Å². The highest BCUT2D eigenvalue weighted by Crippen LogP contribution is 2.20. The first-order chi connectivity index (χ1) is 9.16. The van der Waals surface area contributed by atoms with Crippen LogP contribution in [0.4, 0.5) is 4.79 Å². The standard InChI is InChI=1S/C13H16N2O4/c16-12(17)2-1-11-5-8-19-13(18)15(11)9-10-3-6-14-7-4-10/h3-4,6-7,11H,1-2,5,8-9H2,(H,16,17). The van der Waals surface area contributed by atoms with Crippen molar-refractivity contribution < 1.29 is 19.4 Å². The van der Waals surface area contributed by atoms with E-state index in [0.717, 1.165) is 5.56 Å². The van der Waals surface area contributed by atoms with Crippen LogP contribution < -0.4 is 0 Å². The minimum Gasteiger partial charge on any atom is -0.481 e. The molecule has 1 aromatic rings. The van der Waals surface area contributed by atoms with E-state index in [0.29, 0.717) is 26.0 Å². The number of carbonyl (C=O) groups excluding carboxylic acids is 1. The molecule has 1 aliphatic rings. The summed E-state index contributed by atoms with van der Waals surface area (Å²) in [5.74, 6) is -0.845. The number of amides is 1. The van der Waals surface area contributed by atoms with Crippen LogP contribution in [0.15, 0.2) is 24.5 Å². The molecule has 1 aromatic heterocycles. The summed E-state index contributed by atoms with van der Waals surface area (Å²) in [4.78, 5) is 28.0. The summed E-state index contributed by atoms with van der Waals surface area (Å²) < 4.78 is 5.02. The molecule has 2 rings (SSSR count). The molecule has 6 heteroatoms. The highest BCUT2D eigenvalue weighted by molar-refractivity contribution is 5.69. The SMILES string of the molecule is O=C(O)CCC1CCOC(=O)N1Cc1ccncc1. The zero-order valence-electron chi connectivity index (χ0n) is 10.5. The Hall–Kier alpha value is -2.11. The Bertz CT molecular complexity index is 449. The summed E-state index contributed by atoms with van der Waals surface area (Å²) in [5.41, 5.74) is 0.953. The number of aliphatic carboxylic acids is 1. The van der Waals surface area contributed by atoms with Gasteiger partial charge in [-0.15, -0.1) is 0 Å². The Morgan fingerprint density at radius 3 is 2.89 bits per heavy atom. The zero-order valence-corrected chi connectivity index (χ0v) is 10.5. The van der Waals surface area contributed by atoms with Gasteiger partial charge in [0, 0.05) is 37.8 Å². The molecule has 1 unspecified atom stereocenters. The van der Waals surface area contributed by atoms with Gasteiger partial charge in [0.25, 0.3) is 0 Å². The maximum atomic E-state index is 11.8. The van der Waals surface area contributed by atoms with Crippen molar-refractivity contribution in [1.29, 1.82) is 0 Å². The molecule has 19 heavy (non-hydrogen) atoms. The maximum Gasteiger partial charge on any atom is 0.410 e. The third kappa shape index (κ3) is 3.67. The maximum absolute atomic E-state index is 11.8. The van der Waals surface area contributed by atoms with Crippen molar-refractivity contribution >= 4 is 12.1 Å². The summed E-state index contributed by atoms with van der Waals surface area (Å²) >= 11 is 0. The summed E-state index contributed by atoms with van der Waals surface area (Å²) in [7, 11) is 0. The number of carboxylic acids is 1. The normalized spacial score (nSPS) is 19.1. The van der Waals surface area contributed by atoms with Crippen LogP contribution in [0.25, 0.3) is 0 Å². The van der Waals surface area contributed by atoms with Crippen molar-refractivity contribution in [3.8, 4) is 0 Å². The van der Waals surface area contributed by atoms with Crippen LogP contribution in [0.1, 0.15) is 24.8 Å². The Kier molecular flexibility index (Phi) is 4.33. The number of carboxylic acid groups (broad SMARTS) is 1. The van der Waals surface area contributed by atoms with Crippen LogP contribution in [0.3, 0.4) is 0 Å². The number of pyridine rings is 1. The second-order valence-corrected chi connectivity index (χ2v) is 4.47. The van der Waals surface area contributed by atoms with Crippen LogP contribution in [0.5, 0.6) is 0 Å². The average Bonchev–Trinajstić information content (AvgIpc) is 2.40. The first-order valence-electron chi connectivity index (χ1n) is 6.21. The molecule has 0 spiro atoms. The Morgan fingerprint density at radius 2 is 2.21 bits per heavy atom. The molecule has 2 heterocycles. The van der Waals surface area contributed by atoms with Crippen molar-refractivity contribution in [3.05, 3.63) is 30.1 Å². The first-order valence-corrected chi connectivity index (χ1v) is 6.21. The average molecular weight is 264 g/mol. The number of cyclic esters (lactones) is 1. The van der Waals surface area contributed by atoms with Crippen LogP contribution >= 0.6 is 0 Å². The minimum absolute atomic E-state index is 0.0603. The van der Waals surface area contributed by atoms with E-state index in [4.69, 9.17) is 9.84 Å². The predicted molar refractivity (Wildman–Crippen MR) is 66.4 cm³/mol. The second-order valence-electron chi connectivity index (χ2n) is 4.47. The molecule has 102 valence electrons. The van der Waals surface area contributed by atoms with Crippen molar-refractivity contribution in [3.63, 3.8) is 0 Å². The van der Waals surface area contributed by atoms with Crippen LogP contribution in [-0.4, -0.2) is 39.7 Å². The van der Waals surface area contributed by atoms with E-state index in [1.54, 1.807) is 17.3 Å². The molecule has 1 N–H and O–H groups in total. The molecular weight excluding hydrogens is 248 g/mol. The Morgan fingerprint density at radius 1 is 1.47 bits per heavy atom. The number of hydrogen-bond donors (Lipinski definition) is 1. The number of ether oxygens (including phenoxy) is 1. The van der Waals surface area contributed by atoms with Crippen LogP contribution in [0, 0.1) is 0 Å². The molecule has 0 aromatic carbocycles. The highest BCUT2D eigenvalue weighted by Gasteiger charge is 2.29. The lowest BCUT2D eigenvalue weighted by Gasteiger charge is -2.34. The van der Waals surface area contributed by atoms with E-state index < -0.39 is 5.97 Å². The van der Waals surface area contributed by atoms with E-state index in [1.165, 1.54) is 0 Å². The van der Waals surface area contributed by atoms with Gasteiger partial charge in [-0.2, -0.15) is 0 Å². The third-order valence-corrected chi connectivity index (χ3v) is 3.15. The molecule has 1 fully saturated rings. The Labute approximate surface area is 111 Å².